The lowest BCUT2D eigenvalue weighted by molar-refractivity contribution is -0.118. The topological polar surface area (TPSA) is 87.5 Å². The average molecular weight is 369 g/mol. The third-order valence-electron chi connectivity index (χ3n) is 4.40. The van der Waals surface area contributed by atoms with E-state index in [1.165, 1.54) is 24.6 Å². The van der Waals surface area contributed by atoms with Crippen molar-refractivity contribution in [2.45, 2.75) is 39.7 Å². The van der Waals surface area contributed by atoms with Crippen molar-refractivity contribution in [2.75, 3.05) is 36.5 Å². The molecule has 2 heterocycles. The molecule has 0 aromatic carbocycles. The van der Waals surface area contributed by atoms with Gasteiger partial charge in [0.15, 0.2) is 5.82 Å². The molecule has 0 radical (unpaired) electrons. The Morgan fingerprint density at radius 3 is 2.68 bits per heavy atom. The van der Waals surface area contributed by atoms with E-state index >= 15 is 0 Å². The first-order valence-electron chi connectivity index (χ1n) is 8.75. The highest BCUT2D eigenvalue weighted by molar-refractivity contribution is 8.00. The molecule has 1 fully saturated rings. The number of thioether (sulfide) groups is 1. The van der Waals surface area contributed by atoms with Crippen LogP contribution in [0, 0.1) is 12.8 Å². The van der Waals surface area contributed by atoms with Crippen molar-refractivity contribution in [1.29, 1.82) is 0 Å². The molecule has 1 aromatic heterocycles. The van der Waals surface area contributed by atoms with E-state index in [2.05, 4.69) is 34.5 Å². The predicted molar refractivity (Wildman–Crippen MR) is 99.6 cm³/mol. The smallest absolute Gasteiger partial charge is 0.235 e. The third-order valence-corrected chi connectivity index (χ3v) is 5.33. The fraction of sp³-hybridized carbons (Fsp3) is 0.706. The fourth-order valence-corrected chi connectivity index (χ4v) is 3.40. The van der Waals surface area contributed by atoms with Crippen molar-refractivity contribution >= 4 is 29.4 Å². The number of nitrogens with one attached hydrogen (secondary N) is 2. The van der Waals surface area contributed by atoms with Gasteiger partial charge in [-0.25, -0.2) is 0 Å². The lowest BCUT2D eigenvalue weighted by Gasteiger charge is -2.35. The summed E-state index contributed by atoms with van der Waals surface area (Å²) in [5.41, 5.74) is 0. The number of amides is 2. The molecule has 1 aromatic rings. The third kappa shape index (κ3) is 7.07. The lowest BCUT2D eigenvalue weighted by atomic mass is 9.98. The summed E-state index contributed by atoms with van der Waals surface area (Å²) in [6.07, 6.45) is 2.46. The van der Waals surface area contributed by atoms with E-state index in [1.54, 1.807) is 13.0 Å². The van der Waals surface area contributed by atoms with Crippen molar-refractivity contribution in [2.24, 2.45) is 5.92 Å². The maximum atomic E-state index is 11.9. The molecule has 1 atom stereocenters. The standard InChI is InChI=1S/C17H28N4O3S/c1-12-4-6-21(7-5-12)13(2)9-18-16(22)10-25-11-17(23)19-15-8-14(3)24-20-15/h8,12-13H,4-7,9-11H2,1-3H3,(H,18,22)(H,19,20,23). The van der Waals surface area contributed by atoms with E-state index in [0.717, 1.165) is 19.0 Å². The zero-order chi connectivity index (χ0) is 18.2. The first-order chi connectivity index (χ1) is 11.9. The van der Waals surface area contributed by atoms with Crippen molar-refractivity contribution in [1.82, 2.24) is 15.4 Å². The highest BCUT2D eigenvalue weighted by Crippen LogP contribution is 2.17. The van der Waals surface area contributed by atoms with Gasteiger partial charge in [-0.1, -0.05) is 12.1 Å². The Labute approximate surface area is 153 Å². The Hall–Kier alpha value is -1.54. The van der Waals surface area contributed by atoms with Crippen molar-refractivity contribution < 1.29 is 14.1 Å². The van der Waals surface area contributed by atoms with Crippen LogP contribution in [0.4, 0.5) is 5.82 Å². The minimum atomic E-state index is -0.193. The number of piperidine rings is 1. The van der Waals surface area contributed by atoms with Crippen molar-refractivity contribution in [3.8, 4) is 0 Å². The second kappa shape index (κ2) is 9.82. The summed E-state index contributed by atoms with van der Waals surface area (Å²) >= 11 is 1.29. The SMILES string of the molecule is Cc1cc(NC(=O)CSCC(=O)NCC(C)N2CCC(C)CC2)no1. The predicted octanol–water partition coefficient (Wildman–Crippen LogP) is 1.89. The Kier molecular flexibility index (Phi) is 7.77. The van der Waals surface area contributed by atoms with Crippen LogP contribution in [0.5, 0.6) is 0 Å². The van der Waals surface area contributed by atoms with Crippen LogP contribution in [0.2, 0.25) is 0 Å². The van der Waals surface area contributed by atoms with Crippen LogP contribution in [0.15, 0.2) is 10.6 Å². The van der Waals surface area contributed by atoms with Crippen LogP contribution in [-0.4, -0.2) is 59.1 Å². The molecule has 2 N–H and O–H groups in total. The first-order valence-corrected chi connectivity index (χ1v) is 9.91. The van der Waals surface area contributed by atoms with E-state index in [0.29, 0.717) is 24.2 Å². The Morgan fingerprint density at radius 1 is 1.36 bits per heavy atom. The van der Waals surface area contributed by atoms with Gasteiger partial charge in [0.2, 0.25) is 11.8 Å². The number of carbonyl (C=O) groups excluding carboxylic acids is 2. The van der Waals surface area contributed by atoms with E-state index in [1.807, 2.05) is 0 Å². The summed E-state index contributed by atoms with van der Waals surface area (Å²) in [7, 11) is 0. The molecule has 0 spiro atoms. The number of carbonyl (C=O) groups is 2. The van der Waals surface area contributed by atoms with Gasteiger partial charge in [-0.2, -0.15) is 0 Å². The minimum Gasteiger partial charge on any atom is -0.360 e. The van der Waals surface area contributed by atoms with Crippen molar-refractivity contribution in [3.05, 3.63) is 11.8 Å². The van der Waals surface area contributed by atoms with Crippen molar-refractivity contribution in [3.63, 3.8) is 0 Å². The van der Waals surface area contributed by atoms with Gasteiger partial charge in [0.1, 0.15) is 5.76 Å². The highest BCUT2D eigenvalue weighted by Gasteiger charge is 2.20. The molecule has 0 aliphatic carbocycles. The normalized spacial score (nSPS) is 17.2. The fourth-order valence-electron chi connectivity index (χ4n) is 2.75. The summed E-state index contributed by atoms with van der Waals surface area (Å²) in [6.45, 7) is 9.06. The van der Waals surface area contributed by atoms with Gasteiger partial charge in [0.25, 0.3) is 0 Å². The molecule has 0 saturated carbocycles. The summed E-state index contributed by atoms with van der Waals surface area (Å²) in [5.74, 6) is 2.10. The van der Waals surface area contributed by atoms with E-state index in [-0.39, 0.29) is 23.3 Å². The van der Waals surface area contributed by atoms with Crippen LogP contribution in [0.25, 0.3) is 0 Å². The van der Waals surface area contributed by atoms with Gasteiger partial charge in [-0.15, -0.1) is 11.8 Å². The van der Waals surface area contributed by atoms with Gasteiger partial charge in [-0.05, 0) is 45.7 Å². The van der Waals surface area contributed by atoms with Crippen LogP contribution >= 0.6 is 11.8 Å². The van der Waals surface area contributed by atoms with Gasteiger partial charge >= 0.3 is 0 Å². The summed E-state index contributed by atoms with van der Waals surface area (Å²) in [5, 5.41) is 9.28. The number of hydrogen-bond donors (Lipinski definition) is 2. The largest absolute Gasteiger partial charge is 0.360 e. The number of nitrogens with zero attached hydrogens (tertiary/aromatic N) is 2. The van der Waals surface area contributed by atoms with E-state index in [4.69, 9.17) is 4.52 Å². The quantitative estimate of drug-likeness (QED) is 0.729. The summed E-state index contributed by atoms with van der Waals surface area (Å²) in [4.78, 5) is 26.1. The molecule has 25 heavy (non-hydrogen) atoms. The molecule has 1 saturated heterocycles. The molecular weight excluding hydrogens is 340 g/mol. The second-order valence-electron chi connectivity index (χ2n) is 6.74. The number of rotatable bonds is 8. The van der Waals surface area contributed by atoms with Crippen LogP contribution < -0.4 is 10.6 Å². The van der Waals surface area contributed by atoms with Crippen LogP contribution in [-0.2, 0) is 9.59 Å². The number of aromatic nitrogens is 1. The Bertz CT molecular complexity index is 570. The molecule has 2 amide bonds. The molecule has 7 nitrogen and oxygen atoms in total. The molecule has 1 aliphatic heterocycles. The molecule has 1 aliphatic rings. The molecule has 8 heteroatoms. The molecule has 0 bridgehead atoms. The molecule has 2 rings (SSSR count). The maximum Gasteiger partial charge on any atom is 0.235 e. The second-order valence-corrected chi connectivity index (χ2v) is 7.72. The van der Waals surface area contributed by atoms with Crippen LogP contribution in [0.3, 0.4) is 0 Å². The number of likely N-dealkylation sites (tertiary alicyclic amines) is 1. The van der Waals surface area contributed by atoms with Gasteiger partial charge in [0.05, 0.1) is 11.5 Å². The lowest BCUT2D eigenvalue weighted by Crippen LogP contribution is -2.45. The monoisotopic (exact) mass is 368 g/mol. The van der Waals surface area contributed by atoms with Gasteiger partial charge in [0, 0.05) is 18.7 Å². The van der Waals surface area contributed by atoms with Gasteiger partial charge in [-0.3, -0.25) is 14.5 Å². The van der Waals surface area contributed by atoms with E-state index < -0.39 is 0 Å². The number of hydrogen-bond acceptors (Lipinski definition) is 6. The van der Waals surface area contributed by atoms with Gasteiger partial charge < -0.3 is 15.2 Å². The zero-order valence-electron chi connectivity index (χ0n) is 15.2. The first kappa shape index (κ1) is 19.8. The Balaban J connectivity index is 1.56. The minimum absolute atomic E-state index is 0.0349. The summed E-state index contributed by atoms with van der Waals surface area (Å²) < 4.78 is 4.88. The highest BCUT2D eigenvalue weighted by atomic mass is 32.2. The molecule has 1 unspecified atom stereocenters. The Morgan fingerprint density at radius 2 is 2.04 bits per heavy atom. The molecule has 140 valence electrons. The number of aryl methyl sites for hydroxylation is 1. The molecular formula is C17H28N4O3S. The maximum absolute atomic E-state index is 11.9. The zero-order valence-corrected chi connectivity index (χ0v) is 16.0. The average Bonchev–Trinajstić information content (AvgIpc) is 2.98. The number of anilines is 1. The van der Waals surface area contributed by atoms with Crippen LogP contribution in [0.1, 0.15) is 32.4 Å². The van der Waals surface area contributed by atoms with E-state index in [9.17, 15) is 9.59 Å². The summed E-state index contributed by atoms with van der Waals surface area (Å²) in [6, 6.07) is 2.00.